The normalized spacial score (nSPS) is 10.3. The first-order chi connectivity index (χ1) is 9.54. The van der Waals surface area contributed by atoms with Crippen molar-refractivity contribution in [3.63, 3.8) is 0 Å². The minimum atomic E-state index is -0.551. The molecule has 1 aromatic heterocycles. The Balaban J connectivity index is 2.18. The maximum absolute atomic E-state index is 11.8. The average molecular weight is 274 g/mol. The van der Waals surface area contributed by atoms with E-state index in [4.69, 9.17) is 4.74 Å². The number of nitrogens with one attached hydrogen (secondary N) is 2. The van der Waals surface area contributed by atoms with Gasteiger partial charge in [0.2, 0.25) is 0 Å². The van der Waals surface area contributed by atoms with Crippen LogP contribution in [0, 0.1) is 0 Å². The lowest BCUT2D eigenvalue weighted by atomic mass is 10.2. The van der Waals surface area contributed by atoms with Crippen LogP contribution in [0.2, 0.25) is 0 Å². The number of aromatic amines is 1. The Morgan fingerprint density at radius 1 is 1.40 bits per heavy atom. The number of hydrogen-bond acceptors (Lipinski definition) is 6. The minimum Gasteiger partial charge on any atom is -0.459 e. The molecule has 0 aliphatic heterocycles. The first-order valence-electron chi connectivity index (χ1n) is 6.04. The quantitative estimate of drug-likeness (QED) is 0.819. The third-order valence-corrected chi connectivity index (χ3v) is 2.28. The van der Waals surface area contributed by atoms with Gasteiger partial charge in [-0.2, -0.15) is 10.1 Å². The molecule has 0 amide bonds. The van der Waals surface area contributed by atoms with Gasteiger partial charge in [-0.15, -0.1) is 0 Å². The maximum Gasteiger partial charge on any atom is 0.363 e. The molecule has 0 aliphatic carbocycles. The molecule has 1 aromatic carbocycles. The molecule has 0 radical (unpaired) electrons. The second-order valence-electron chi connectivity index (χ2n) is 4.33. The Hall–Kier alpha value is -2.70. The molecule has 0 saturated heterocycles. The first-order valence-corrected chi connectivity index (χ1v) is 6.04. The molecule has 0 atom stereocenters. The Bertz CT molecular complexity index is 666. The van der Waals surface area contributed by atoms with Gasteiger partial charge in [-0.05, 0) is 32.0 Å². The molecule has 2 rings (SSSR count). The van der Waals surface area contributed by atoms with Crippen molar-refractivity contribution < 1.29 is 9.53 Å². The monoisotopic (exact) mass is 274 g/mol. The van der Waals surface area contributed by atoms with Gasteiger partial charge in [-0.3, -0.25) is 0 Å². The number of rotatable bonds is 4. The van der Waals surface area contributed by atoms with Crippen LogP contribution in [0.5, 0.6) is 0 Å². The lowest BCUT2D eigenvalue weighted by Crippen LogP contribution is -2.14. The summed E-state index contributed by atoms with van der Waals surface area (Å²) >= 11 is 0. The summed E-state index contributed by atoms with van der Waals surface area (Å²) in [7, 11) is 0. The van der Waals surface area contributed by atoms with Gasteiger partial charge in [0.25, 0.3) is 0 Å². The highest BCUT2D eigenvalue weighted by Crippen LogP contribution is 2.15. The Morgan fingerprint density at radius 2 is 2.20 bits per heavy atom. The van der Waals surface area contributed by atoms with Crippen molar-refractivity contribution in [1.82, 2.24) is 15.2 Å². The second kappa shape index (κ2) is 5.96. The van der Waals surface area contributed by atoms with Gasteiger partial charge in [-0.1, -0.05) is 6.07 Å². The largest absolute Gasteiger partial charge is 0.459 e. The number of ether oxygens (including phenoxy) is 1. The van der Waals surface area contributed by atoms with Crippen molar-refractivity contribution in [2.75, 3.05) is 5.32 Å². The summed E-state index contributed by atoms with van der Waals surface area (Å²) in [5, 5.41) is 8.69. The molecule has 0 aliphatic rings. The predicted octanol–water partition coefficient (Wildman–Crippen LogP) is 1.47. The van der Waals surface area contributed by atoms with E-state index < -0.39 is 11.7 Å². The first kappa shape index (κ1) is 13.7. The zero-order valence-electron chi connectivity index (χ0n) is 11.1. The number of carbonyl (C=O) groups is 1. The number of H-pyrrole nitrogens is 1. The van der Waals surface area contributed by atoms with E-state index >= 15 is 0 Å². The van der Waals surface area contributed by atoms with Crippen LogP contribution >= 0.6 is 0 Å². The number of nitrogens with zero attached hydrogens (tertiary/aromatic N) is 2. The summed E-state index contributed by atoms with van der Waals surface area (Å²) in [6, 6.07) is 6.72. The molecule has 1 heterocycles. The summed E-state index contributed by atoms with van der Waals surface area (Å²) in [5.41, 5.74) is 0.481. The molecular formula is C13H14N4O3. The van der Waals surface area contributed by atoms with E-state index in [1.54, 1.807) is 38.1 Å². The number of benzene rings is 1. The van der Waals surface area contributed by atoms with Gasteiger partial charge in [-0.25, -0.2) is 14.7 Å². The highest BCUT2D eigenvalue weighted by molar-refractivity contribution is 5.90. The summed E-state index contributed by atoms with van der Waals surface area (Å²) in [4.78, 5) is 26.5. The Labute approximate surface area is 115 Å². The minimum absolute atomic E-state index is 0.183. The van der Waals surface area contributed by atoms with Gasteiger partial charge < -0.3 is 10.1 Å². The molecule has 7 nitrogen and oxygen atoms in total. The van der Waals surface area contributed by atoms with Crippen LogP contribution in [-0.2, 0) is 4.74 Å². The van der Waals surface area contributed by atoms with Crippen molar-refractivity contribution in [1.29, 1.82) is 0 Å². The SMILES string of the molecule is CC(C)OC(=O)c1cccc(Nc2cn[nH]c(=O)n2)c1. The molecule has 0 unspecified atom stereocenters. The molecule has 0 fully saturated rings. The highest BCUT2D eigenvalue weighted by atomic mass is 16.5. The summed E-state index contributed by atoms with van der Waals surface area (Å²) in [6.07, 6.45) is 1.19. The van der Waals surface area contributed by atoms with Gasteiger partial charge in [0.15, 0.2) is 5.82 Å². The highest BCUT2D eigenvalue weighted by Gasteiger charge is 2.09. The van der Waals surface area contributed by atoms with Crippen LogP contribution in [0.4, 0.5) is 11.5 Å². The number of hydrogen-bond donors (Lipinski definition) is 2. The molecule has 0 spiro atoms. The standard InChI is InChI=1S/C13H14N4O3/c1-8(2)20-12(18)9-4-3-5-10(6-9)15-11-7-14-17-13(19)16-11/h3-8H,1-2H3,(H2,15,16,17,19). The smallest absolute Gasteiger partial charge is 0.363 e. The average Bonchev–Trinajstić information content (AvgIpc) is 2.38. The predicted molar refractivity (Wildman–Crippen MR) is 72.9 cm³/mol. The number of carbonyl (C=O) groups excluding carboxylic acids is 1. The van der Waals surface area contributed by atoms with E-state index in [1.807, 2.05) is 0 Å². The number of aromatic nitrogens is 3. The molecule has 0 saturated carbocycles. The fraction of sp³-hybridized carbons (Fsp3) is 0.231. The zero-order chi connectivity index (χ0) is 14.5. The van der Waals surface area contributed by atoms with Crippen LogP contribution in [0.3, 0.4) is 0 Å². The van der Waals surface area contributed by atoms with Gasteiger partial charge in [0, 0.05) is 5.69 Å². The number of esters is 1. The number of anilines is 2. The van der Waals surface area contributed by atoms with E-state index in [-0.39, 0.29) is 6.10 Å². The van der Waals surface area contributed by atoms with E-state index in [1.165, 1.54) is 6.20 Å². The zero-order valence-corrected chi connectivity index (χ0v) is 11.1. The van der Waals surface area contributed by atoms with Crippen molar-refractivity contribution in [3.8, 4) is 0 Å². The Morgan fingerprint density at radius 3 is 2.90 bits per heavy atom. The fourth-order valence-electron chi connectivity index (χ4n) is 1.53. The molecule has 0 bridgehead atoms. The summed E-state index contributed by atoms with van der Waals surface area (Å²) < 4.78 is 5.11. The fourth-order valence-corrected chi connectivity index (χ4v) is 1.53. The van der Waals surface area contributed by atoms with Gasteiger partial charge in [0.05, 0.1) is 17.9 Å². The molecule has 2 N–H and O–H groups in total. The lowest BCUT2D eigenvalue weighted by molar-refractivity contribution is 0.0378. The van der Waals surface area contributed by atoms with Crippen molar-refractivity contribution >= 4 is 17.5 Å². The van der Waals surface area contributed by atoms with Crippen LogP contribution in [-0.4, -0.2) is 27.3 Å². The maximum atomic E-state index is 11.8. The third-order valence-electron chi connectivity index (χ3n) is 2.28. The summed E-state index contributed by atoms with van der Waals surface area (Å²) in [5.74, 6) is -0.108. The molecule has 2 aromatic rings. The topological polar surface area (TPSA) is 97.0 Å². The van der Waals surface area contributed by atoms with Crippen LogP contribution < -0.4 is 11.0 Å². The van der Waals surface area contributed by atoms with E-state index in [0.29, 0.717) is 17.1 Å². The molecule has 20 heavy (non-hydrogen) atoms. The van der Waals surface area contributed by atoms with Crippen molar-refractivity contribution in [2.24, 2.45) is 0 Å². The Kier molecular flexibility index (Phi) is 4.09. The van der Waals surface area contributed by atoms with E-state index in [9.17, 15) is 9.59 Å². The molecule has 7 heteroatoms. The third kappa shape index (κ3) is 3.64. The van der Waals surface area contributed by atoms with E-state index in [0.717, 1.165) is 0 Å². The van der Waals surface area contributed by atoms with Crippen molar-refractivity contribution in [3.05, 3.63) is 46.5 Å². The van der Waals surface area contributed by atoms with Gasteiger partial charge >= 0.3 is 11.7 Å². The van der Waals surface area contributed by atoms with Crippen LogP contribution in [0.25, 0.3) is 0 Å². The van der Waals surface area contributed by atoms with Gasteiger partial charge in [0.1, 0.15) is 0 Å². The van der Waals surface area contributed by atoms with Crippen molar-refractivity contribution in [2.45, 2.75) is 20.0 Å². The second-order valence-corrected chi connectivity index (χ2v) is 4.33. The van der Waals surface area contributed by atoms with Crippen LogP contribution in [0.15, 0.2) is 35.3 Å². The summed E-state index contributed by atoms with van der Waals surface area (Å²) in [6.45, 7) is 3.57. The molecular weight excluding hydrogens is 260 g/mol. The van der Waals surface area contributed by atoms with Crippen LogP contribution in [0.1, 0.15) is 24.2 Å². The van der Waals surface area contributed by atoms with E-state index in [2.05, 4.69) is 20.5 Å². The molecule has 104 valence electrons. The lowest BCUT2D eigenvalue weighted by Gasteiger charge is -2.09.